The number of hydrogen-bond donors (Lipinski definition) is 0. The van der Waals surface area contributed by atoms with E-state index < -0.39 is 10.0 Å². The quantitative estimate of drug-likeness (QED) is 0.714. The first-order valence-electron chi connectivity index (χ1n) is 5.31. The molecule has 0 aliphatic carbocycles. The highest BCUT2D eigenvalue weighted by Gasteiger charge is 2.36. The third-order valence-electron chi connectivity index (χ3n) is 3.04. The number of nitrogens with zero attached hydrogens (tertiary/aromatic N) is 1. The van der Waals surface area contributed by atoms with E-state index in [1.54, 1.807) is 4.31 Å². The van der Waals surface area contributed by atoms with Gasteiger partial charge in [0.2, 0.25) is 10.0 Å². The van der Waals surface area contributed by atoms with E-state index in [1.165, 1.54) is 0 Å². The molecule has 2 saturated heterocycles. The molecule has 2 fully saturated rings. The lowest BCUT2D eigenvalue weighted by Crippen LogP contribution is -2.40. The predicted molar refractivity (Wildman–Crippen MR) is 61.7 cm³/mol. The summed E-state index contributed by atoms with van der Waals surface area (Å²) in [6.45, 7) is 2.44. The van der Waals surface area contributed by atoms with Gasteiger partial charge in [-0.1, -0.05) is 15.9 Å². The monoisotopic (exact) mass is 297 g/mol. The normalized spacial score (nSPS) is 30.9. The smallest absolute Gasteiger partial charge is 0.217 e. The lowest BCUT2D eigenvalue weighted by Gasteiger charge is -2.26. The van der Waals surface area contributed by atoms with E-state index in [1.807, 2.05) is 0 Å². The SMILES string of the molecule is O=S(=O)(C1CCOCC1)N1CCC(Br)C1. The second kappa shape index (κ2) is 4.69. The molecular weight excluding hydrogens is 282 g/mol. The lowest BCUT2D eigenvalue weighted by atomic mass is 10.2. The first-order valence-corrected chi connectivity index (χ1v) is 7.73. The topological polar surface area (TPSA) is 46.6 Å². The molecular formula is C9H16BrNO3S. The number of alkyl halides is 1. The summed E-state index contributed by atoms with van der Waals surface area (Å²) >= 11 is 3.46. The molecule has 15 heavy (non-hydrogen) atoms. The van der Waals surface area contributed by atoms with E-state index in [4.69, 9.17) is 4.74 Å². The Balaban J connectivity index is 2.05. The van der Waals surface area contributed by atoms with Gasteiger partial charge in [-0.2, -0.15) is 0 Å². The minimum absolute atomic E-state index is 0.218. The van der Waals surface area contributed by atoms with Crippen molar-refractivity contribution in [1.29, 1.82) is 0 Å². The average Bonchev–Trinajstić information content (AvgIpc) is 2.67. The minimum Gasteiger partial charge on any atom is -0.381 e. The van der Waals surface area contributed by atoms with Crippen LogP contribution in [0.15, 0.2) is 0 Å². The molecule has 0 saturated carbocycles. The lowest BCUT2D eigenvalue weighted by molar-refractivity contribution is 0.0974. The fourth-order valence-electron chi connectivity index (χ4n) is 2.10. The summed E-state index contributed by atoms with van der Waals surface area (Å²) in [7, 11) is -3.07. The van der Waals surface area contributed by atoms with Crippen LogP contribution in [0.5, 0.6) is 0 Å². The van der Waals surface area contributed by atoms with Crippen molar-refractivity contribution in [3.05, 3.63) is 0 Å². The van der Waals surface area contributed by atoms with Crippen molar-refractivity contribution in [1.82, 2.24) is 4.31 Å². The Hall–Kier alpha value is 0.350. The number of hydrogen-bond acceptors (Lipinski definition) is 3. The molecule has 88 valence electrons. The number of ether oxygens (including phenoxy) is 1. The molecule has 0 aromatic carbocycles. The van der Waals surface area contributed by atoms with Crippen LogP contribution in [0.2, 0.25) is 0 Å². The zero-order valence-electron chi connectivity index (χ0n) is 8.56. The van der Waals surface area contributed by atoms with Gasteiger partial charge in [0.25, 0.3) is 0 Å². The summed E-state index contributed by atoms with van der Waals surface area (Å²) in [6, 6.07) is 0. The van der Waals surface area contributed by atoms with Crippen LogP contribution in [0.4, 0.5) is 0 Å². The van der Waals surface area contributed by atoms with Gasteiger partial charge in [-0.25, -0.2) is 12.7 Å². The molecule has 2 aliphatic rings. The van der Waals surface area contributed by atoms with E-state index in [9.17, 15) is 8.42 Å². The molecule has 2 aliphatic heterocycles. The summed E-state index contributed by atoms with van der Waals surface area (Å²) in [6.07, 6.45) is 2.21. The minimum atomic E-state index is -3.07. The Morgan fingerprint density at radius 1 is 1.20 bits per heavy atom. The van der Waals surface area contributed by atoms with E-state index in [0.717, 1.165) is 6.42 Å². The highest BCUT2D eigenvalue weighted by molar-refractivity contribution is 9.09. The maximum absolute atomic E-state index is 12.2. The van der Waals surface area contributed by atoms with Gasteiger partial charge in [0.1, 0.15) is 0 Å². The molecule has 1 unspecified atom stereocenters. The van der Waals surface area contributed by atoms with Gasteiger partial charge >= 0.3 is 0 Å². The molecule has 2 rings (SSSR count). The van der Waals surface area contributed by atoms with Crippen LogP contribution in [0.1, 0.15) is 19.3 Å². The first kappa shape index (κ1) is 11.8. The van der Waals surface area contributed by atoms with E-state index in [0.29, 0.717) is 44.0 Å². The zero-order valence-corrected chi connectivity index (χ0v) is 11.0. The molecule has 1 atom stereocenters. The van der Waals surface area contributed by atoms with Gasteiger partial charge in [0.05, 0.1) is 5.25 Å². The van der Waals surface area contributed by atoms with E-state index in [-0.39, 0.29) is 5.25 Å². The Morgan fingerprint density at radius 3 is 2.40 bits per heavy atom. The molecule has 4 nitrogen and oxygen atoms in total. The second-order valence-electron chi connectivity index (χ2n) is 4.10. The van der Waals surface area contributed by atoms with Crippen LogP contribution in [0.3, 0.4) is 0 Å². The van der Waals surface area contributed by atoms with Crippen molar-refractivity contribution in [3.63, 3.8) is 0 Å². The Labute approximate surface area is 99.1 Å². The molecule has 0 bridgehead atoms. The van der Waals surface area contributed by atoms with Crippen LogP contribution < -0.4 is 0 Å². The van der Waals surface area contributed by atoms with Crippen molar-refractivity contribution in [2.75, 3.05) is 26.3 Å². The summed E-state index contributed by atoms with van der Waals surface area (Å²) in [5, 5.41) is -0.218. The van der Waals surface area contributed by atoms with Gasteiger partial charge in [0, 0.05) is 31.1 Å². The third-order valence-corrected chi connectivity index (χ3v) is 6.16. The van der Waals surface area contributed by atoms with Gasteiger partial charge in [-0.05, 0) is 19.3 Å². The molecule has 0 aromatic heterocycles. The summed E-state index contributed by atoms with van der Waals surface area (Å²) in [4.78, 5) is 0.326. The molecule has 0 N–H and O–H groups in total. The highest BCUT2D eigenvalue weighted by atomic mass is 79.9. The van der Waals surface area contributed by atoms with Gasteiger partial charge < -0.3 is 4.74 Å². The van der Waals surface area contributed by atoms with E-state index in [2.05, 4.69) is 15.9 Å². The Morgan fingerprint density at radius 2 is 1.87 bits per heavy atom. The Bertz CT molecular complexity index is 303. The molecule has 0 aromatic rings. The molecule has 0 radical (unpaired) electrons. The molecule has 6 heteroatoms. The zero-order chi connectivity index (χ0) is 10.9. The first-order chi connectivity index (χ1) is 7.10. The van der Waals surface area contributed by atoms with Crippen molar-refractivity contribution >= 4 is 26.0 Å². The molecule has 0 amide bonds. The highest BCUT2D eigenvalue weighted by Crippen LogP contribution is 2.25. The van der Waals surface area contributed by atoms with Gasteiger partial charge in [0.15, 0.2) is 0 Å². The van der Waals surface area contributed by atoms with Crippen molar-refractivity contribution in [2.45, 2.75) is 29.3 Å². The maximum Gasteiger partial charge on any atom is 0.217 e. The maximum atomic E-state index is 12.2. The number of rotatable bonds is 2. The van der Waals surface area contributed by atoms with Crippen LogP contribution in [0, 0.1) is 0 Å². The fourth-order valence-corrected chi connectivity index (χ4v) is 4.81. The van der Waals surface area contributed by atoms with Crippen LogP contribution in [-0.2, 0) is 14.8 Å². The van der Waals surface area contributed by atoms with Crippen molar-refractivity contribution in [2.24, 2.45) is 0 Å². The second-order valence-corrected chi connectivity index (χ2v) is 7.61. The van der Waals surface area contributed by atoms with Crippen LogP contribution in [-0.4, -0.2) is 49.1 Å². The molecule has 0 spiro atoms. The number of sulfonamides is 1. The van der Waals surface area contributed by atoms with Crippen molar-refractivity contribution < 1.29 is 13.2 Å². The summed E-state index contributed by atoms with van der Waals surface area (Å²) in [5.74, 6) is 0. The Kier molecular flexibility index (Phi) is 3.70. The van der Waals surface area contributed by atoms with Crippen LogP contribution in [0.25, 0.3) is 0 Å². The standard InChI is InChI=1S/C9H16BrNO3S/c10-8-1-4-11(7-8)15(12,13)9-2-5-14-6-3-9/h8-9H,1-7H2. The number of halogens is 1. The average molecular weight is 298 g/mol. The van der Waals surface area contributed by atoms with Crippen LogP contribution >= 0.6 is 15.9 Å². The van der Waals surface area contributed by atoms with Crippen molar-refractivity contribution in [3.8, 4) is 0 Å². The third kappa shape index (κ3) is 2.54. The summed E-state index contributed by atoms with van der Waals surface area (Å²) < 4.78 is 31.2. The largest absolute Gasteiger partial charge is 0.381 e. The van der Waals surface area contributed by atoms with E-state index >= 15 is 0 Å². The van der Waals surface area contributed by atoms with Gasteiger partial charge in [-0.3, -0.25) is 0 Å². The molecule has 2 heterocycles. The summed E-state index contributed by atoms with van der Waals surface area (Å²) in [5.41, 5.74) is 0. The predicted octanol–water partition coefficient (Wildman–Crippen LogP) is 0.964. The van der Waals surface area contributed by atoms with Gasteiger partial charge in [-0.15, -0.1) is 0 Å². The fraction of sp³-hybridized carbons (Fsp3) is 1.00.